The van der Waals surface area contributed by atoms with Crippen molar-refractivity contribution in [2.24, 2.45) is 11.3 Å². The first-order valence-electron chi connectivity index (χ1n) is 6.36. The number of carbonyl (C=O) groups is 1. The van der Waals surface area contributed by atoms with Gasteiger partial charge < -0.3 is 10.1 Å². The van der Waals surface area contributed by atoms with Gasteiger partial charge in [0.2, 0.25) is 0 Å². The van der Waals surface area contributed by atoms with Crippen molar-refractivity contribution in [3.8, 4) is 0 Å². The molecule has 100 valence electrons. The molecule has 1 aliphatic rings. The summed E-state index contributed by atoms with van der Waals surface area (Å²) in [5.41, 5.74) is 0.755. The molecule has 0 fully saturated rings. The fourth-order valence-electron chi connectivity index (χ4n) is 2.24. The summed E-state index contributed by atoms with van der Waals surface area (Å²) in [6.45, 7) is 12.0. The SMILES string of the molecule is C=CNC1=CC(C)(C)C(C(=O)C(C)OCC)C=C1. The fraction of sp³-hybridized carbons (Fsp3) is 0.533. The molecule has 0 aromatic rings. The lowest BCUT2D eigenvalue weighted by atomic mass is 9.72. The van der Waals surface area contributed by atoms with E-state index in [0.29, 0.717) is 6.61 Å². The van der Waals surface area contributed by atoms with Gasteiger partial charge in [-0.3, -0.25) is 4.79 Å². The summed E-state index contributed by atoms with van der Waals surface area (Å²) < 4.78 is 5.39. The molecule has 0 aromatic carbocycles. The smallest absolute Gasteiger partial charge is 0.168 e. The number of hydrogen-bond donors (Lipinski definition) is 1. The molecular formula is C15H23NO2. The van der Waals surface area contributed by atoms with E-state index in [1.54, 1.807) is 6.20 Å². The predicted octanol–water partition coefficient (Wildman–Crippen LogP) is 2.81. The maximum Gasteiger partial charge on any atom is 0.168 e. The van der Waals surface area contributed by atoms with Gasteiger partial charge in [0.1, 0.15) is 6.10 Å². The maximum absolute atomic E-state index is 12.3. The van der Waals surface area contributed by atoms with Crippen LogP contribution in [0.2, 0.25) is 0 Å². The molecule has 0 aromatic heterocycles. The molecule has 0 bridgehead atoms. The molecular weight excluding hydrogens is 226 g/mol. The number of carbonyl (C=O) groups excluding carboxylic acids is 1. The van der Waals surface area contributed by atoms with Crippen LogP contribution < -0.4 is 5.32 Å². The van der Waals surface area contributed by atoms with Crippen LogP contribution in [0.4, 0.5) is 0 Å². The second-order valence-electron chi connectivity index (χ2n) is 5.11. The van der Waals surface area contributed by atoms with Gasteiger partial charge >= 0.3 is 0 Å². The summed E-state index contributed by atoms with van der Waals surface area (Å²) in [6.07, 6.45) is 7.22. The first-order valence-corrected chi connectivity index (χ1v) is 6.36. The third-order valence-corrected chi connectivity index (χ3v) is 3.19. The first-order chi connectivity index (χ1) is 8.42. The molecule has 2 unspecified atom stereocenters. The minimum Gasteiger partial charge on any atom is -0.371 e. The van der Waals surface area contributed by atoms with Crippen LogP contribution in [0, 0.1) is 11.3 Å². The molecule has 1 aliphatic carbocycles. The summed E-state index contributed by atoms with van der Waals surface area (Å²) in [6, 6.07) is 0. The van der Waals surface area contributed by atoms with Gasteiger partial charge in [-0.25, -0.2) is 0 Å². The zero-order chi connectivity index (χ0) is 13.8. The van der Waals surface area contributed by atoms with Gasteiger partial charge in [-0.15, -0.1) is 0 Å². The summed E-state index contributed by atoms with van der Waals surface area (Å²) in [5, 5.41) is 3.05. The van der Waals surface area contributed by atoms with Gasteiger partial charge in [-0.05, 0) is 31.5 Å². The number of ether oxygens (including phenoxy) is 1. The van der Waals surface area contributed by atoms with Gasteiger partial charge in [0, 0.05) is 18.2 Å². The van der Waals surface area contributed by atoms with Gasteiger partial charge in [-0.2, -0.15) is 0 Å². The highest BCUT2D eigenvalue weighted by Crippen LogP contribution is 2.35. The lowest BCUT2D eigenvalue weighted by Gasteiger charge is -2.33. The van der Waals surface area contributed by atoms with Crippen molar-refractivity contribution in [1.82, 2.24) is 5.32 Å². The van der Waals surface area contributed by atoms with E-state index in [0.717, 1.165) is 5.70 Å². The summed E-state index contributed by atoms with van der Waals surface area (Å²) in [4.78, 5) is 12.3. The van der Waals surface area contributed by atoms with Crippen molar-refractivity contribution in [2.75, 3.05) is 6.61 Å². The lowest BCUT2D eigenvalue weighted by Crippen LogP contribution is -2.37. The average Bonchev–Trinajstić information content (AvgIpc) is 2.28. The lowest BCUT2D eigenvalue weighted by molar-refractivity contribution is -0.134. The van der Waals surface area contributed by atoms with E-state index >= 15 is 0 Å². The second-order valence-corrected chi connectivity index (χ2v) is 5.11. The number of nitrogens with one attached hydrogen (secondary N) is 1. The van der Waals surface area contributed by atoms with Crippen molar-refractivity contribution in [1.29, 1.82) is 0 Å². The predicted molar refractivity (Wildman–Crippen MR) is 73.9 cm³/mol. The Kier molecular flexibility index (Phi) is 4.91. The zero-order valence-electron chi connectivity index (χ0n) is 11.7. The number of rotatable bonds is 6. The highest BCUT2D eigenvalue weighted by Gasteiger charge is 2.36. The van der Waals surface area contributed by atoms with Crippen molar-refractivity contribution in [3.63, 3.8) is 0 Å². The van der Waals surface area contributed by atoms with Crippen LogP contribution in [-0.2, 0) is 9.53 Å². The van der Waals surface area contributed by atoms with Crippen molar-refractivity contribution >= 4 is 5.78 Å². The molecule has 18 heavy (non-hydrogen) atoms. The molecule has 0 saturated heterocycles. The number of allylic oxidation sites excluding steroid dienone is 3. The third-order valence-electron chi connectivity index (χ3n) is 3.19. The van der Waals surface area contributed by atoms with E-state index in [2.05, 4.69) is 31.8 Å². The van der Waals surface area contributed by atoms with Crippen LogP contribution in [0.15, 0.2) is 36.7 Å². The Balaban J connectivity index is 2.84. The molecule has 2 atom stereocenters. The Bertz CT molecular complexity index is 380. The monoisotopic (exact) mass is 249 g/mol. The second kappa shape index (κ2) is 6.01. The Morgan fingerprint density at radius 1 is 1.67 bits per heavy atom. The summed E-state index contributed by atoms with van der Waals surface area (Å²) in [5.74, 6) is -0.0126. The minimum atomic E-state index is -0.355. The molecule has 3 heteroatoms. The Morgan fingerprint density at radius 3 is 2.83 bits per heavy atom. The van der Waals surface area contributed by atoms with E-state index in [4.69, 9.17) is 4.74 Å². The van der Waals surface area contributed by atoms with Gasteiger partial charge in [0.05, 0.1) is 0 Å². The fourth-order valence-corrected chi connectivity index (χ4v) is 2.24. The van der Waals surface area contributed by atoms with Gasteiger partial charge in [0.25, 0.3) is 0 Å². The molecule has 1 rings (SSSR count). The Morgan fingerprint density at radius 2 is 2.33 bits per heavy atom. The van der Waals surface area contributed by atoms with Crippen LogP contribution in [-0.4, -0.2) is 18.5 Å². The van der Waals surface area contributed by atoms with Crippen LogP contribution in [0.25, 0.3) is 0 Å². The topological polar surface area (TPSA) is 38.3 Å². The summed E-state index contributed by atoms with van der Waals surface area (Å²) in [7, 11) is 0. The molecule has 0 aliphatic heterocycles. The normalized spacial score (nSPS) is 23.1. The molecule has 0 amide bonds. The third kappa shape index (κ3) is 3.33. The molecule has 1 N–H and O–H groups in total. The molecule has 0 spiro atoms. The van der Waals surface area contributed by atoms with E-state index in [1.807, 2.05) is 26.0 Å². The van der Waals surface area contributed by atoms with E-state index < -0.39 is 0 Å². The average molecular weight is 249 g/mol. The van der Waals surface area contributed by atoms with E-state index in [-0.39, 0.29) is 23.2 Å². The maximum atomic E-state index is 12.3. The number of ketones is 1. The zero-order valence-corrected chi connectivity index (χ0v) is 11.7. The highest BCUT2D eigenvalue weighted by molar-refractivity contribution is 5.88. The van der Waals surface area contributed by atoms with E-state index in [1.165, 1.54) is 0 Å². The van der Waals surface area contributed by atoms with E-state index in [9.17, 15) is 4.79 Å². The molecule has 3 nitrogen and oxygen atoms in total. The first kappa shape index (κ1) is 14.7. The van der Waals surface area contributed by atoms with Crippen LogP contribution in [0.1, 0.15) is 27.7 Å². The number of Topliss-reactive ketones (excluding diaryl/α,β-unsaturated/α-hetero) is 1. The quantitative estimate of drug-likeness (QED) is 0.786. The van der Waals surface area contributed by atoms with Crippen molar-refractivity contribution < 1.29 is 9.53 Å². The minimum absolute atomic E-state index is 0.131. The standard InChI is InChI=1S/C15H23NO2/c1-6-16-12-8-9-13(15(4,5)10-12)14(17)11(3)18-7-2/h6,8-11,13,16H,1,7H2,2-5H3. The van der Waals surface area contributed by atoms with Gasteiger partial charge in [0.15, 0.2) is 5.78 Å². The van der Waals surface area contributed by atoms with Crippen molar-refractivity contribution in [2.45, 2.75) is 33.8 Å². The van der Waals surface area contributed by atoms with Gasteiger partial charge in [-0.1, -0.05) is 32.6 Å². The Labute approximate surface area is 110 Å². The molecule has 0 saturated carbocycles. The van der Waals surface area contributed by atoms with Crippen LogP contribution in [0.3, 0.4) is 0 Å². The molecule has 0 radical (unpaired) electrons. The largest absolute Gasteiger partial charge is 0.371 e. The number of hydrogen-bond acceptors (Lipinski definition) is 3. The highest BCUT2D eigenvalue weighted by atomic mass is 16.5. The van der Waals surface area contributed by atoms with Crippen molar-refractivity contribution in [3.05, 3.63) is 36.7 Å². The van der Waals surface area contributed by atoms with Crippen LogP contribution in [0.5, 0.6) is 0 Å². The molecule has 0 heterocycles. The Hall–Kier alpha value is -1.35. The van der Waals surface area contributed by atoms with Crippen LogP contribution >= 0.6 is 0 Å². The summed E-state index contributed by atoms with van der Waals surface area (Å²) >= 11 is 0.